The lowest BCUT2D eigenvalue weighted by atomic mass is 9.97. The SMILES string of the molecule is CC(N)c1ccc2c(c1)CCCN2CCCC(F)(F)F. The van der Waals surface area contributed by atoms with Gasteiger partial charge in [-0.05, 0) is 43.4 Å². The molecule has 1 aromatic rings. The molecule has 112 valence electrons. The number of hydrogen-bond donors (Lipinski definition) is 1. The minimum atomic E-state index is -4.06. The summed E-state index contributed by atoms with van der Waals surface area (Å²) in [5, 5.41) is 0. The lowest BCUT2D eigenvalue weighted by Gasteiger charge is -2.32. The standard InChI is InChI=1S/C15H21F3N2/c1-11(19)12-5-6-14-13(10-12)4-2-8-20(14)9-3-7-15(16,17)18/h5-6,10-11H,2-4,7-9,19H2,1H3. The number of nitrogens with two attached hydrogens (primary N) is 1. The smallest absolute Gasteiger partial charge is 0.371 e. The van der Waals surface area contributed by atoms with Crippen LogP contribution in [-0.4, -0.2) is 19.3 Å². The van der Waals surface area contributed by atoms with E-state index < -0.39 is 12.6 Å². The van der Waals surface area contributed by atoms with Gasteiger partial charge in [-0.25, -0.2) is 0 Å². The molecule has 2 nitrogen and oxygen atoms in total. The van der Waals surface area contributed by atoms with Gasteiger partial charge in [0.05, 0.1) is 0 Å². The molecule has 2 N–H and O–H groups in total. The molecule has 0 aliphatic carbocycles. The van der Waals surface area contributed by atoms with Gasteiger partial charge in [-0.15, -0.1) is 0 Å². The normalized spacial score (nSPS) is 16.9. The molecule has 0 saturated carbocycles. The van der Waals surface area contributed by atoms with Crippen molar-refractivity contribution in [2.75, 3.05) is 18.0 Å². The second-order valence-corrected chi connectivity index (χ2v) is 5.49. The number of fused-ring (bicyclic) bond motifs is 1. The number of nitrogens with zero attached hydrogens (tertiary/aromatic N) is 1. The maximum atomic E-state index is 12.2. The molecule has 1 aliphatic heterocycles. The fourth-order valence-electron chi connectivity index (χ4n) is 2.68. The van der Waals surface area contributed by atoms with E-state index in [-0.39, 0.29) is 12.5 Å². The van der Waals surface area contributed by atoms with Crippen LogP contribution in [0.1, 0.15) is 43.4 Å². The summed E-state index contributed by atoms with van der Waals surface area (Å²) in [4.78, 5) is 2.07. The molecule has 1 unspecified atom stereocenters. The maximum Gasteiger partial charge on any atom is 0.389 e. The quantitative estimate of drug-likeness (QED) is 0.912. The van der Waals surface area contributed by atoms with Gasteiger partial charge in [-0.3, -0.25) is 0 Å². The summed E-state index contributed by atoms with van der Waals surface area (Å²) in [6.45, 7) is 3.23. The van der Waals surface area contributed by atoms with E-state index in [1.54, 1.807) is 0 Å². The highest BCUT2D eigenvalue weighted by Gasteiger charge is 2.27. The molecule has 0 saturated heterocycles. The zero-order valence-corrected chi connectivity index (χ0v) is 11.7. The Bertz CT molecular complexity index is 455. The number of anilines is 1. The molecule has 0 amide bonds. The number of alkyl halides is 3. The van der Waals surface area contributed by atoms with Gasteiger partial charge in [0.2, 0.25) is 0 Å². The minimum absolute atomic E-state index is 0.0131. The number of halogens is 3. The van der Waals surface area contributed by atoms with E-state index in [9.17, 15) is 13.2 Å². The van der Waals surface area contributed by atoms with Crippen molar-refractivity contribution in [1.29, 1.82) is 0 Å². The van der Waals surface area contributed by atoms with Gasteiger partial charge in [0.15, 0.2) is 0 Å². The van der Waals surface area contributed by atoms with Crippen LogP contribution < -0.4 is 10.6 Å². The molecule has 1 aliphatic rings. The average Bonchev–Trinajstić information content (AvgIpc) is 2.36. The van der Waals surface area contributed by atoms with Gasteiger partial charge in [0.25, 0.3) is 0 Å². The van der Waals surface area contributed by atoms with Crippen LogP contribution in [0, 0.1) is 0 Å². The molecule has 20 heavy (non-hydrogen) atoms. The lowest BCUT2D eigenvalue weighted by Crippen LogP contribution is -2.31. The van der Waals surface area contributed by atoms with Crippen LogP contribution in [0.2, 0.25) is 0 Å². The second-order valence-electron chi connectivity index (χ2n) is 5.49. The lowest BCUT2D eigenvalue weighted by molar-refractivity contribution is -0.135. The first-order valence-corrected chi connectivity index (χ1v) is 7.07. The van der Waals surface area contributed by atoms with Crippen molar-refractivity contribution in [2.45, 2.75) is 44.8 Å². The van der Waals surface area contributed by atoms with Gasteiger partial charge in [0, 0.05) is 31.2 Å². The maximum absolute atomic E-state index is 12.2. The summed E-state index contributed by atoms with van der Waals surface area (Å²) in [6.07, 6.45) is -2.65. The average molecular weight is 286 g/mol. The monoisotopic (exact) mass is 286 g/mol. The Morgan fingerprint density at radius 2 is 2.10 bits per heavy atom. The van der Waals surface area contributed by atoms with Crippen molar-refractivity contribution in [1.82, 2.24) is 0 Å². The summed E-state index contributed by atoms with van der Waals surface area (Å²) < 4.78 is 36.6. The molecule has 0 fully saturated rings. The van der Waals surface area contributed by atoms with Crippen LogP contribution in [0.4, 0.5) is 18.9 Å². The van der Waals surface area contributed by atoms with E-state index in [1.807, 2.05) is 19.1 Å². The predicted octanol–water partition coefficient (Wildman–Crippen LogP) is 3.80. The van der Waals surface area contributed by atoms with E-state index >= 15 is 0 Å². The third kappa shape index (κ3) is 3.88. The first-order chi connectivity index (χ1) is 9.37. The summed E-state index contributed by atoms with van der Waals surface area (Å²) in [5.74, 6) is 0. The Labute approximate surface area is 117 Å². The largest absolute Gasteiger partial charge is 0.389 e. The van der Waals surface area contributed by atoms with Crippen LogP contribution in [0.25, 0.3) is 0 Å². The molecule has 1 heterocycles. The summed E-state index contributed by atoms with van der Waals surface area (Å²) in [5.41, 5.74) is 9.23. The fourth-order valence-corrected chi connectivity index (χ4v) is 2.68. The van der Waals surface area contributed by atoms with Crippen molar-refractivity contribution in [2.24, 2.45) is 5.73 Å². The van der Waals surface area contributed by atoms with E-state index in [4.69, 9.17) is 5.73 Å². The van der Waals surface area contributed by atoms with Crippen molar-refractivity contribution in [3.63, 3.8) is 0 Å². The number of hydrogen-bond acceptors (Lipinski definition) is 2. The molecule has 0 aromatic heterocycles. The second kappa shape index (κ2) is 6.04. The van der Waals surface area contributed by atoms with Crippen LogP contribution in [0.15, 0.2) is 18.2 Å². The molecule has 1 aromatic carbocycles. The Morgan fingerprint density at radius 3 is 2.75 bits per heavy atom. The third-order valence-electron chi connectivity index (χ3n) is 3.73. The number of aryl methyl sites for hydroxylation is 1. The third-order valence-corrected chi connectivity index (χ3v) is 3.73. The van der Waals surface area contributed by atoms with Gasteiger partial charge in [-0.1, -0.05) is 12.1 Å². The van der Waals surface area contributed by atoms with Crippen molar-refractivity contribution in [3.8, 4) is 0 Å². The van der Waals surface area contributed by atoms with Gasteiger partial charge in [-0.2, -0.15) is 13.2 Å². The summed E-state index contributed by atoms with van der Waals surface area (Å²) in [6, 6.07) is 6.06. The molecule has 1 atom stereocenters. The molecule has 0 radical (unpaired) electrons. The van der Waals surface area contributed by atoms with E-state index in [1.165, 1.54) is 5.56 Å². The Hall–Kier alpha value is -1.23. The number of benzene rings is 1. The topological polar surface area (TPSA) is 29.3 Å². The van der Waals surface area contributed by atoms with Gasteiger partial charge in [0.1, 0.15) is 0 Å². The molecular weight excluding hydrogens is 265 g/mol. The van der Waals surface area contributed by atoms with Gasteiger partial charge >= 0.3 is 6.18 Å². The highest BCUT2D eigenvalue weighted by atomic mass is 19.4. The molecule has 5 heteroatoms. The summed E-state index contributed by atoms with van der Waals surface area (Å²) in [7, 11) is 0. The highest BCUT2D eigenvalue weighted by Crippen LogP contribution is 2.30. The van der Waals surface area contributed by atoms with Crippen LogP contribution in [0.5, 0.6) is 0 Å². The molecule has 0 spiro atoms. The van der Waals surface area contributed by atoms with Crippen molar-refractivity contribution in [3.05, 3.63) is 29.3 Å². The van der Waals surface area contributed by atoms with E-state index in [0.29, 0.717) is 6.54 Å². The number of rotatable bonds is 4. The van der Waals surface area contributed by atoms with E-state index in [2.05, 4.69) is 11.0 Å². The van der Waals surface area contributed by atoms with Crippen molar-refractivity contribution >= 4 is 5.69 Å². The van der Waals surface area contributed by atoms with Crippen LogP contribution in [-0.2, 0) is 6.42 Å². The Kier molecular flexibility index (Phi) is 4.58. The zero-order valence-electron chi connectivity index (χ0n) is 11.7. The molecular formula is C15H21F3N2. The van der Waals surface area contributed by atoms with E-state index in [0.717, 1.165) is 30.6 Å². The van der Waals surface area contributed by atoms with Crippen LogP contribution in [0.3, 0.4) is 0 Å². The Balaban J connectivity index is 2.05. The zero-order chi connectivity index (χ0) is 14.8. The van der Waals surface area contributed by atoms with Crippen LogP contribution >= 0.6 is 0 Å². The minimum Gasteiger partial charge on any atom is -0.371 e. The van der Waals surface area contributed by atoms with Crippen molar-refractivity contribution < 1.29 is 13.2 Å². The predicted molar refractivity (Wildman–Crippen MR) is 74.9 cm³/mol. The fraction of sp³-hybridized carbons (Fsp3) is 0.600. The first-order valence-electron chi connectivity index (χ1n) is 7.07. The molecule has 2 rings (SSSR count). The Morgan fingerprint density at radius 1 is 1.35 bits per heavy atom. The first kappa shape index (κ1) is 15.2. The highest BCUT2D eigenvalue weighted by molar-refractivity contribution is 5.57. The van der Waals surface area contributed by atoms with Gasteiger partial charge < -0.3 is 10.6 Å². The molecule has 0 bridgehead atoms. The summed E-state index contributed by atoms with van der Waals surface area (Å²) >= 11 is 0.